The van der Waals surface area contributed by atoms with Crippen molar-refractivity contribution >= 4 is 17.5 Å². The first kappa shape index (κ1) is 15.5. The van der Waals surface area contributed by atoms with Crippen molar-refractivity contribution in [2.45, 2.75) is 45.1 Å². The van der Waals surface area contributed by atoms with Gasteiger partial charge in [0.05, 0.1) is 0 Å². The zero-order chi connectivity index (χ0) is 16.1. The van der Waals surface area contributed by atoms with Crippen LogP contribution >= 0.6 is 0 Å². The Balaban J connectivity index is 1.72. The van der Waals surface area contributed by atoms with Crippen LogP contribution in [0.3, 0.4) is 0 Å². The minimum Gasteiger partial charge on any atom is -0.351 e. The lowest BCUT2D eigenvalue weighted by Gasteiger charge is -2.23. The van der Waals surface area contributed by atoms with Gasteiger partial charge in [-0.3, -0.25) is 4.79 Å². The molecule has 2 N–H and O–H groups in total. The first-order valence-corrected chi connectivity index (χ1v) is 8.19. The van der Waals surface area contributed by atoms with Gasteiger partial charge in [-0.1, -0.05) is 37.5 Å². The Morgan fingerprint density at radius 1 is 1.09 bits per heavy atom. The highest BCUT2D eigenvalue weighted by atomic mass is 16.1. The van der Waals surface area contributed by atoms with Crippen molar-refractivity contribution in [1.82, 2.24) is 9.97 Å². The molecule has 23 heavy (non-hydrogen) atoms. The molecule has 0 bridgehead atoms. The molecule has 1 amide bonds. The third-order valence-corrected chi connectivity index (χ3v) is 4.06. The highest BCUT2D eigenvalue weighted by Gasteiger charge is 2.16. The van der Waals surface area contributed by atoms with E-state index in [1.807, 2.05) is 37.3 Å². The van der Waals surface area contributed by atoms with E-state index in [1.54, 1.807) is 6.07 Å². The van der Waals surface area contributed by atoms with E-state index in [9.17, 15) is 4.79 Å². The third-order valence-electron chi connectivity index (χ3n) is 4.06. The predicted molar refractivity (Wildman–Crippen MR) is 91.7 cm³/mol. The third kappa shape index (κ3) is 4.28. The molecule has 0 atom stereocenters. The molecule has 0 unspecified atom stereocenters. The Kier molecular flexibility index (Phi) is 4.86. The second-order valence-corrected chi connectivity index (χ2v) is 6.02. The summed E-state index contributed by atoms with van der Waals surface area (Å²) in [6.45, 7) is 1.88. The van der Waals surface area contributed by atoms with Crippen molar-refractivity contribution in [3.05, 3.63) is 47.8 Å². The minimum atomic E-state index is -0.214. The van der Waals surface area contributed by atoms with Crippen LogP contribution in [0, 0.1) is 6.92 Å². The molecule has 1 aromatic heterocycles. The lowest BCUT2D eigenvalue weighted by atomic mass is 9.96. The van der Waals surface area contributed by atoms with E-state index in [0.29, 0.717) is 17.7 Å². The van der Waals surface area contributed by atoms with Gasteiger partial charge in [-0.05, 0) is 38.0 Å². The number of anilines is 2. The number of benzene rings is 1. The molecule has 1 fully saturated rings. The SMILES string of the molecule is Cc1cc(C(=O)Nc2ccccc2)nc(NC2CCCCC2)n1. The number of aryl methyl sites for hydroxylation is 1. The Morgan fingerprint density at radius 2 is 1.83 bits per heavy atom. The Bertz CT molecular complexity index is 666. The molecule has 1 aromatic carbocycles. The van der Waals surface area contributed by atoms with Crippen LogP contribution in [0.15, 0.2) is 36.4 Å². The molecule has 1 aliphatic rings. The van der Waals surface area contributed by atoms with Crippen LogP contribution in [0.2, 0.25) is 0 Å². The van der Waals surface area contributed by atoms with Crippen molar-refractivity contribution in [3.63, 3.8) is 0 Å². The summed E-state index contributed by atoms with van der Waals surface area (Å²) < 4.78 is 0. The first-order valence-electron chi connectivity index (χ1n) is 8.19. The number of hydrogen-bond acceptors (Lipinski definition) is 4. The number of para-hydroxylation sites is 1. The van der Waals surface area contributed by atoms with Crippen LogP contribution in [0.1, 0.15) is 48.3 Å². The number of rotatable bonds is 4. The number of aromatic nitrogens is 2. The van der Waals surface area contributed by atoms with Crippen LogP contribution in [0.25, 0.3) is 0 Å². The number of nitrogens with zero attached hydrogens (tertiary/aromatic N) is 2. The molecule has 0 spiro atoms. The van der Waals surface area contributed by atoms with Crippen LogP contribution in [-0.4, -0.2) is 21.9 Å². The monoisotopic (exact) mass is 310 g/mol. The zero-order valence-electron chi connectivity index (χ0n) is 13.4. The second-order valence-electron chi connectivity index (χ2n) is 6.02. The van der Waals surface area contributed by atoms with Gasteiger partial charge in [-0.25, -0.2) is 9.97 Å². The van der Waals surface area contributed by atoms with E-state index in [0.717, 1.165) is 24.2 Å². The summed E-state index contributed by atoms with van der Waals surface area (Å²) in [7, 11) is 0. The zero-order valence-corrected chi connectivity index (χ0v) is 13.4. The summed E-state index contributed by atoms with van der Waals surface area (Å²) >= 11 is 0. The molecule has 1 aliphatic carbocycles. The summed E-state index contributed by atoms with van der Waals surface area (Å²) in [6.07, 6.45) is 6.07. The first-order chi connectivity index (χ1) is 11.2. The molecule has 1 saturated carbocycles. The van der Waals surface area contributed by atoms with E-state index in [2.05, 4.69) is 20.6 Å². The quantitative estimate of drug-likeness (QED) is 0.902. The predicted octanol–water partition coefficient (Wildman–Crippen LogP) is 3.78. The minimum absolute atomic E-state index is 0.214. The second kappa shape index (κ2) is 7.22. The number of carbonyl (C=O) groups is 1. The summed E-state index contributed by atoms with van der Waals surface area (Å²) in [4.78, 5) is 21.2. The van der Waals surface area contributed by atoms with Gasteiger partial charge in [-0.15, -0.1) is 0 Å². The molecular weight excluding hydrogens is 288 g/mol. The van der Waals surface area contributed by atoms with E-state index in [1.165, 1.54) is 19.3 Å². The maximum absolute atomic E-state index is 12.4. The molecule has 2 aromatic rings. The van der Waals surface area contributed by atoms with Gasteiger partial charge in [0, 0.05) is 17.4 Å². The number of amides is 1. The molecule has 5 heteroatoms. The van der Waals surface area contributed by atoms with Gasteiger partial charge in [0.1, 0.15) is 5.69 Å². The topological polar surface area (TPSA) is 66.9 Å². The van der Waals surface area contributed by atoms with Gasteiger partial charge in [-0.2, -0.15) is 0 Å². The average Bonchev–Trinajstić information content (AvgIpc) is 2.56. The molecule has 3 rings (SSSR count). The van der Waals surface area contributed by atoms with Gasteiger partial charge >= 0.3 is 0 Å². The van der Waals surface area contributed by atoms with Crippen molar-refractivity contribution in [3.8, 4) is 0 Å². The van der Waals surface area contributed by atoms with Crippen molar-refractivity contribution in [2.24, 2.45) is 0 Å². The lowest BCUT2D eigenvalue weighted by molar-refractivity contribution is 0.102. The normalized spacial score (nSPS) is 15.2. The average molecular weight is 310 g/mol. The Morgan fingerprint density at radius 3 is 2.57 bits per heavy atom. The molecule has 1 heterocycles. The molecule has 5 nitrogen and oxygen atoms in total. The fourth-order valence-electron chi connectivity index (χ4n) is 2.90. The number of hydrogen-bond donors (Lipinski definition) is 2. The van der Waals surface area contributed by atoms with Crippen molar-refractivity contribution in [2.75, 3.05) is 10.6 Å². The highest BCUT2D eigenvalue weighted by molar-refractivity contribution is 6.03. The van der Waals surface area contributed by atoms with Crippen LogP contribution in [0.5, 0.6) is 0 Å². The summed E-state index contributed by atoms with van der Waals surface area (Å²) in [5.41, 5.74) is 1.94. The summed E-state index contributed by atoms with van der Waals surface area (Å²) in [6, 6.07) is 11.5. The van der Waals surface area contributed by atoms with Crippen molar-refractivity contribution < 1.29 is 4.79 Å². The molecule has 0 aliphatic heterocycles. The van der Waals surface area contributed by atoms with Gasteiger partial charge < -0.3 is 10.6 Å². The van der Waals surface area contributed by atoms with E-state index >= 15 is 0 Å². The fraction of sp³-hybridized carbons (Fsp3) is 0.389. The summed E-state index contributed by atoms with van der Waals surface area (Å²) in [5, 5.41) is 6.24. The van der Waals surface area contributed by atoms with E-state index < -0.39 is 0 Å². The van der Waals surface area contributed by atoms with Gasteiger partial charge in [0.2, 0.25) is 5.95 Å². The molecular formula is C18H22N4O. The van der Waals surface area contributed by atoms with E-state index in [-0.39, 0.29) is 5.91 Å². The van der Waals surface area contributed by atoms with Crippen LogP contribution < -0.4 is 10.6 Å². The maximum atomic E-state index is 12.4. The van der Waals surface area contributed by atoms with Crippen LogP contribution in [-0.2, 0) is 0 Å². The fourth-order valence-corrected chi connectivity index (χ4v) is 2.90. The number of carbonyl (C=O) groups excluding carboxylic acids is 1. The van der Waals surface area contributed by atoms with Gasteiger partial charge in [0.15, 0.2) is 0 Å². The lowest BCUT2D eigenvalue weighted by Crippen LogP contribution is -2.24. The largest absolute Gasteiger partial charge is 0.351 e. The Labute approximate surface area is 136 Å². The molecule has 0 radical (unpaired) electrons. The summed E-state index contributed by atoms with van der Waals surface area (Å²) in [5.74, 6) is 0.337. The van der Waals surface area contributed by atoms with Crippen LogP contribution in [0.4, 0.5) is 11.6 Å². The molecule has 0 saturated heterocycles. The maximum Gasteiger partial charge on any atom is 0.274 e. The van der Waals surface area contributed by atoms with Gasteiger partial charge in [0.25, 0.3) is 5.91 Å². The highest BCUT2D eigenvalue weighted by Crippen LogP contribution is 2.20. The van der Waals surface area contributed by atoms with Crippen molar-refractivity contribution in [1.29, 1.82) is 0 Å². The Hall–Kier alpha value is -2.43. The smallest absolute Gasteiger partial charge is 0.274 e. The molecule has 120 valence electrons. The standard InChI is InChI=1S/C18H22N4O/c1-13-12-16(17(23)20-14-8-4-2-5-9-14)22-18(19-13)21-15-10-6-3-7-11-15/h2,4-5,8-9,12,15H,3,6-7,10-11H2,1H3,(H,20,23)(H,19,21,22). The van der Waals surface area contributed by atoms with E-state index in [4.69, 9.17) is 0 Å². The number of nitrogens with one attached hydrogen (secondary N) is 2.